The lowest BCUT2D eigenvalue weighted by Crippen LogP contribution is -2.32. The minimum absolute atomic E-state index is 0.221. The molecule has 30 heavy (non-hydrogen) atoms. The van der Waals surface area contributed by atoms with Gasteiger partial charge in [-0.05, 0) is 61.2 Å². The Morgan fingerprint density at radius 3 is 2.40 bits per heavy atom. The van der Waals surface area contributed by atoms with Gasteiger partial charge in [-0.1, -0.05) is 6.07 Å². The third-order valence-corrected chi connectivity index (χ3v) is 6.80. The van der Waals surface area contributed by atoms with Crippen LogP contribution >= 0.6 is 0 Å². The number of unbranched alkanes of at least 4 members (excludes halogenated alkanes) is 1. The first-order chi connectivity index (χ1) is 14.5. The van der Waals surface area contributed by atoms with Gasteiger partial charge in [-0.15, -0.1) is 0 Å². The molecule has 164 valence electrons. The van der Waals surface area contributed by atoms with Gasteiger partial charge in [0.2, 0.25) is 10.0 Å². The van der Waals surface area contributed by atoms with Crippen molar-refractivity contribution < 1.29 is 22.6 Å². The van der Waals surface area contributed by atoms with Crippen LogP contribution in [-0.2, 0) is 23.0 Å². The maximum atomic E-state index is 12.4. The zero-order valence-electron chi connectivity index (χ0n) is 17.8. The van der Waals surface area contributed by atoms with Crippen LogP contribution in [0.3, 0.4) is 0 Å². The van der Waals surface area contributed by atoms with Crippen LogP contribution in [0, 0.1) is 0 Å². The highest BCUT2D eigenvalue weighted by Gasteiger charge is 2.19. The van der Waals surface area contributed by atoms with Crippen molar-refractivity contribution in [3.8, 4) is 17.2 Å². The van der Waals surface area contributed by atoms with E-state index in [1.807, 2.05) is 0 Å². The molecule has 3 rings (SSSR count). The van der Waals surface area contributed by atoms with Crippen molar-refractivity contribution in [2.45, 2.75) is 30.7 Å². The molecular weight excluding hydrogens is 404 g/mol. The van der Waals surface area contributed by atoms with Gasteiger partial charge in [-0.2, -0.15) is 0 Å². The fourth-order valence-corrected chi connectivity index (χ4v) is 4.76. The first kappa shape index (κ1) is 22.4. The Hall–Kier alpha value is -2.29. The summed E-state index contributed by atoms with van der Waals surface area (Å²) < 4.78 is 43.4. The zero-order chi connectivity index (χ0) is 21.6. The molecule has 0 atom stereocenters. The molecule has 0 amide bonds. The van der Waals surface area contributed by atoms with Crippen LogP contribution in [-0.4, -0.2) is 54.3 Å². The average molecular weight is 435 g/mol. The summed E-state index contributed by atoms with van der Waals surface area (Å²) in [4.78, 5) is 2.61. The van der Waals surface area contributed by atoms with Gasteiger partial charge >= 0.3 is 0 Å². The van der Waals surface area contributed by atoms with Crippen molar-refractivity contribution >= 4 is 10.0 Å². The normalized spacial score (nSPS) is 14.2. The monoisotopic (exact) mass is 434 g/mol. The standard InChI is InChI=1S/C22H30N2O5S/c1-27-19-7-6-8-20(15-19)30(25,26)23-10-4-5-11-24-12-9-17-13-21(28-2)22(29-3)14-18(17)16-24/h6-8,13-15,23H,4-5,9-12,16H2,1-3H3. The molecule has 1 N–H and O–H groups in total. The topological polar surface area (TPSA) is 77.1 Å². The smallest absolute Gasteiger partial charge is 0.240 e. The lowest BCUT2D eigenvalue weighted by atomic mass is 9.98. The van der Waals surface area contributed by atoms with Gasteiger partial charge in [0, 0.05) is 25.7 Å². The molecule has 0 saturated carbocycles. The van der Waals surface area contributed by atoms with E-state index in [0.717, 1.165) is 50.4 Å². The number of ether oxygens (including phenoxy) is 3. The Morgan fingerprint density at radius 1 is 0.967 bits per heavy atom. The Balaban J connectivity index is 1.46. The molecule has 7 nitrogen and oxygen atoms in total. The number of sulfonamides is 1. The lowest BCUT2D eigenvalue weighted by Gasteiger charge is -2.29. The highest BCUT2D eigenvalue weighted by molar-refractivity contribution is 7.89. The van der Waals surface area contributed by atoms with Gasteiger partial charge in [0.15, 0.2) is 11.5 Å². The number of hydrogen-bond acceptors (Lipinski definition) is 6. The minimum Gasteiger partial charge on any atom is -0.497 e. The Bertz CT molecular complexity index is 962. The summed E-state index contributed by atoms with van der Waals surface area (Å²) >= 11 is 0. The number of nitrogens with zero attached hydrogens (tertiary/aromatic N) is 1. The molecule has 2 aromatic carbocycles. The van der Waals surface area contributed by atoms with Crippen LogP contribution in [0.5, 0.6) is 17.2 Å². The van der Waals surface area contributed by atoms with E-state index in [1.54, 1.807) is 32.4 Å². The van der Waals surface area contributed by atoms with Crippen LogP contribution < -0.4 is 18.9 Å². The summed E-state index contributed by atoms with van der Waals surface area (Å²) in [7, 11) is 1.30. The quantitative estimate of drug-likeness (QED) is 0.580. The summed E-state index contributed by atoms with van der Waals surface area (Å²) in [6, 6.07) is 10.6. The molecule has 0 fully saturated rings. The van der Waals surface area contributed by atoms with Gasteiger partial charge in [0.1, 0.15) is 5.75 Å². The van der Waals surface area contributed by atoms with Crippen LogP contribution in [0.1, 0.15) is 24.0 Å². The number of nitrogens with one attached hydrogen (secondary N) is 1. The van der Waals surface area contributed by atoms with Gasteiger partial charge in [-0.25, -0.2) is 13.1 Å². The van der Waals surface area contributed by atoms with Gasteiger partial charge in [0.05, 0.1) is 26.2 Å². The molecule has 0 saturated heterocycles. The summed E-state index contributed by atoms with van der Waals surface area (Å²) in [5.41, 5.74) is 2.56. The number of rotatable bonds is 10. The zero-order valence-corrected chi connectivity index (χ0v) is 18.6. The maximum absolute atomic E-state index is 12.4. The van der Waals surface area contributed by atoms with Crippen molar-refractivity contribution in [2.24, 2.45) is 0 Å². The third kappa shape index (κ3) is 5.44. The average Bonchev–Trinajstić information content (AvgIpc) is 2.77. The maximum Gasteiger partial charge on any atom is 0.240 e. The fourth-order valence-electron chi connectivity index (χ4n) is 3.65. The highest BCUT2D eigenvalue weighted by atomic mass is 32.2. The molecule has 0 bridgehead atoms. The van der Waals surface area contributed by atoms with Crippen molar-refractivity contribution in [1.82, 2.24) is 9.62 Å². The van der Waals surface area contributed by atoms with Crippen LogP contribution in [0.25, 0.3) is 0 Å². The second-order valence-corrected chi connectivity index (χ2v) is 9.05. The molecule has 8 heteroatoms. The first-order valence-corrected chi connectivity index (χ1v) is 11.5. The SMILES string of the molecule is COc1cccc(S(=O)(=O)NCCCCN2CCc3cc(OC)c(OC)cc3C2)c1. The van der Waals surface area contributed by atoms with Gasteiger partial charge < -0.3 is 14.2 Å². The van der Waals surface area contributed by atoms with E-state index in [2.05, 4.69) is 21.8 Å². The minimum atomic E-state index is -3.52. The highest BCUT2D eigenvalue weighted by Crippen LogP contribution is 2.33. The van der Waals surface area contributed by atoms with Gasteiger partial charge in [0.25, 0.3) is 0 Å². The predicted molar refractivity (Wildman–Crippen MR) is 116 cm³/mol. The van der Waals surface area contributed by atoms with Crippen molar-refractivity contribution in [3.05, 3.63) is 47.5 Å². The summed E-state index contributed by atoms with van der Waals surface area (Å²) in [6.07, 6.45) is 2.67. The Labute approximate surface area is 179 Å². The van der Waals surface area contributed by atoms with Crippen LogP contribution in [0.2, 0.25) is 0 Å². The lowest BCUT2D eigenvalue weighted by molar-refractivity contribution is 0.248. The second-order valence-electron chi connectivity index (χ2n) is 7.29. The van der Waals surface area contributed by atoms with Crippen molar-refractivity contribution in [1.29, 1.82) is 0 Å². The van der Waals surface area contributed by atoms with E-state index in [-0.39, 0.29) is 4.90 Å². The van der Waals surface area contributed by atoms with Crippen molar-refractivity contribution in [3.63, 3.8) is 0 Å². The van der Waals surface area contributed by atoms with E-state index in [0.29, 0.717) is 12.3 Å². The van der Waals surface area contributed by atoms with E-state index in [9.17, 15) is 8.42 Å². The number of hydrogen-bond donors (Lipinski definition) is 1. The van der Waals surface area contributed by atoms with Crippen molar-refractivity contribution in [2.75, 3.05) is 41.0 Å². The van der Waals surface area contributed by atoms with Crippen LogP contribution in [0.15, 0.2) is 41.3 Å². The Morgan fingerprint density at radius 2 is 1.70 bits per heavy atom. The number of methoxy groups -OCH3 is 3. The number of fused-ring (bicyclic) bond motifs is 1. The molecule has 1 aliphatic heterocycles. The predicted octanol–water partition coefficient (Wildman–Crippen LogP) is 2.83. The largest absolute Gasteiger partial charge is 0.497 e. The van der Waals surface area contributed by atoms with E-state index in [4.69, 9.17) is 14.2 Å². The molecule has 0 spiro atoms. The molecule has 1 aliphatic rings. The molecule has 0 radical (unpaired) electrons. The summed E-state index contributed by atoms with van der Waals surface area (Å²) in [5.74, 6) is 2.05. The van der Waals surface area contributed by atoms with Crippen LogP contribution in [0.4, 0.5) is 0 Å². The molecule has 1 heterocycles. The molecule has 0 aliphatic carbocycles. The molecule has 0 unspecified atom stereocenters. The first-order valence-electron chi connectivity index (χ1n) is 10.1. The molecule has 0 aromatic heterocycles. The molecule has 2 aromatic rings. The second kappa shape index (κ2) is 10.1. The Kier molecular flexibility index (Phi) is 7.58. The van der Waals surface area contributed by atoms with E-state index >= 15 is 0 Å². The summed E-state index contributed by atoms with van der Waals surface area (Å²) in [6.45, 7) is 3.19. The van der Waals surface area contributed by atoms with E-state index < -0.39 is 10.0 Å². The third-order valence-electron chi connectivity index (χ3n) is 5.34. The summed E-state index contributed by atoms with van der Waals surface area (Å²) in [5, 5.41) is 0. The fraction of sp³-hybridized carbons (Fsp3) is 0.455. The molecular formula is C22H30N2O5S. The number of benzene rings is 2. The van der Waals surface area contributed by atoms with Gasteiger partial charge in [-0.3, -0.25) is 4.90 Å². The van der Waals surface area contributed by atoms with E-state index in [1.165, 1.54) is 24.3 Å².